The number of hydrogen-bond acceptors (Lipinski definition) is 5. The van der Waals surface area contributed by atoms with Gasteiger partial charge in [-0.1, -0.05) is 81.6 Å². The number of hydrogen-bond donors (Lipinski definition) is 3. The summed E-state index contributed by atoms with van der Waals surface area (Å²) in [6.45, 7) is 4.57. The minimum atomic E-state index is -4.47. The molecule has 47 heavy (non-hydrogen) atoms. The van der Waals surface area contributed by atoms with Crippen molar-refractivity contribution < 1.29 is 31.5 Å². The number of amides is 1. The molecule has 1 fully saturated rings. The number of carbonyl (C=O) groups is 1. The molecule has 4 rings (SSSR count). The van der Waals surface area contributed by atoms with Crippen LogP contribution < -0.4 is 10.6 Å². The second-order valence-electron chi connectivity index (χ2n) is 12.4. The lowest BCUT2D eigenvalue weighted by Crippen LogP contribution is -2.53. The number of alkyl halides is 3. The Kier molecular flexibility index (Phi) is 12.6. The molecular weight excluding hydrogens is 627 g/mol. The van der Waals surface area contributed by atoms with Crippen molar-refractivity contribution in [1.82, 2.24) is 14.9 Å². The van der Waals surface area contributed by atoms with Gasteiger partial charge in [0.2, 0.25) is 10.0 Å². The largest absolute Gasteiger partial charge is 0.416 e. The lowest BCUT2D eigenvalue weighted by atomic mass is 9.76. The number of aliphatic hydroxyl groups excluding tert-OH is 1. The van der Waals surface area contributed by atoms with E-state index in [-0.39, 0.29) is 23.4 Å². The molecule has 7 nitrogen and oxygen atoms in total. The van der Waals surface area contributed by atoms with E-state index < -0.39 is 45.4 Å². The number of aliphatic hydroxyl groups is 1. The van der Waals surface area contributed by atoms with Crippen LogP contribution in [0.15, 0.2) is 83.8 Å². The predicted octanol–water partition coefficient (Wildman–Crippen LogP) is 6.67. The Morgan fingerprint density at radius 1 is 0.915 bits per heavy atom. The number of sulfonamides is 1. The van der Waals surface area contributed by atoms with E-state index in [1.54, 1.807) is 6.07 Å². The van der Waals surface area contributed by atoms with Crippen LogP contribution in [0.1, 0.15) is 85.8 Å². The molecule has 1 aliphatic rings. The highest BCUT2D eigenvalue weighted by Crippen LogP contribution is 2.39. The van der Waals surface area contributed by atoms with Crippen molar-refractivity contribution in [2.75, 3.05) is 19.6 Å². The molecule has 0 heterocycles. The molecule has 3 aromatic carbocycles. The van der Waals surface area contributed by atoms with Crippen LogP contribution in [-0.2, 0) is 28.2 Å². The first-order chi connectivity index (χ1) is 22.4. The van der Waals surface area contributed by atoms with Crippen molar-refractivity contribution in [1.29, 1.82) is 0 Å². The van der Waals surface area contributed by atoms with Gasteiger partial charge < -0.3 is 15.7 Å². The molecule has 3 N–H and O–H groups in total. The molecule has 0 aliphatic heterocycles. The Balaban J connectivity index is 1.58. The quantitative estimate of drug-likeness (QED) is 0.168. The predicted molar refractivity (Wildman–Crippen MR) is 177 cm³/mol. The average Bonchev–Trinajstić information content (AvgIpc) is 3.07. The number of nitrogens with one attached hydrogen (secondary N) is 2. The molecular formula is C36H46F3N3O4S. The molecule has 0 spiro atoms. The van der Waals surface area contributed by atoms with Crippen molar-refractivity contribution in [2.45, 2.75) is 94.0 Å². The molecule has 1 aliphatic carbocycles. The van der Waals surface area contributed by atoms with E-state index in [0.717, 1.165) is 30.9 Å². The number of halogens is 3. The summed E-state index contributed by atoms with van der Waals surface area (Å²) in [6.07, 6.45) is -0.129. The van der Waals surface area contributed by atoms with Crippen LogP contribution in [-0.4, -0.2) is 55.5 Å². The van der Waals surface area contributed by atoms with Gasteiger partial charge in [-0.05, 0) is 73.6 Å². The monoisotopic (exact) mass is 673 g/mol. The van der Waals surface area contributed by atoms with Gasteiger partial charge in [-0.25, -0.2) is 8.42 Å². The normalized spacial score (nSPS) is 16.5. The van der Waals surface area contributed by atoms with E-state index in [1.807, 2.05) is 44.2 Å². The average molecular weight is 674 g/mol. The summed E-state index contributed by atoms with van der Waals surface area (Å²) in [7, 11) is -3.82. The zero-order valence-electron chi connectivity index (χ0n) is 27.1. The molecule has 3 aromatic rings. The van der Waals surface area contributed by atoms with Gasteiger partial charge >= 0.3 is 6.18 Å². The molecule has 11 heteroatoms. The molecule has 1 amide bonds. The highest BCUT2D eigenvalue weighted by molar-refractivity contribution is 7.89. The lowest BCUT2D eigenvalue weighted by Gasteiger charge is -2.40. The van der Waals surface area contributed by atoms with Crippen molar-refractivity contribution in [3.63, 3.8) is 0 Å². The van der Waals surface area contributed by atoms with Crippen LogP contribution in [0.2, 0.25) is 0 Å². The smallest absolute Gasteiger partial charge is 0.390 e. The molecule has 0 aromatic heterocycles. The number of rotatable bonds is 15. The second-order valence-corrected chi connectivity index (χ2v) is 14.3. The maximum atomic E-state index is 13.6. The van der Waals surface area contributed by atoms with Gasteiger partial charge in [-0.3, -0.25) is 4.79 Å². The molecule has 2 atom stereocenters. The fraction of sp³-hybridized carbons (Fsp3) is 0.472. The van der Waals surface area contributed by atoms with Crippen LogP contribution in [0.4, 0.5) is 13.2 Å². The minimum Gasteiger partial charge on any atom is -0.390 e. The topological polar surface area (TPSA) is 98.7 Å². The van der Waals surface area contributed by atoms with E-state index in [2.05, 4.69) is 10.6 Å². The molecule has 0 unspecified atom stereocenters. The summed E-state index contributed by atoms with van der Waals surface area (Å²) in [5, 5.41) is 17.9. The van der Waals surface area contributed by atoms with Crippen molar-refractivity contribution in [3.05, 3.63) is 101 Å². The van der Waals surface area contributed by atoms with E-state index in [9.17, 15) is 31.5 Å². The second kappa shape index (κ2) is 16.2. The van der Waals surface area contributed by atoms with Gasteiger partial charge in [0, 0.05) is 30.7 Å². The molecule has 1 saturated carbocycles. The van der Waals surface area contributed by atoms with Crippen molar-refractivity contribution in [3.8, 4) is 0 Å². The third-order valence-electron chi connectivity index (χ3n) is 8.86. The number of carbonyl (C=O) groups excluding carboxylic acids is 1. The maximum Gasteiger partial charge on any atom is 0.416 e. The van der Waals surface area contributed by atoms with Gasteiger partial charge in [-0.2, -0.15) is 17.5 Å². The van der Waals surface area contributed by atoms with Crippen molar-refractivity contribution in [2.24, 2.45) is 0 Å². The van der Waals surface area contributed by atoms with E-state index in [4.69, 9.17) is 0 Å². The Morgan fingerprint density at radius 2 is 1.57 bits per heavy atom. The fourth-order valence-corrected chi connectivity index (χ4v) is 8.03. The summed E-state index contributed by atoms with van der Waals surface area (Å²) in [5.41, 5.74) is 0.0698. The van der Waals surface area contributed by atoms with E-state index in [1.165, 1.54) is 40.7 Å². The van der Waals surface area contributed by atoms with E-state index >= 15 is 0 Å². The van der Waals surface area contributed by atoms with Gasteiger partial charge in [0.25, 0.3) is 5.91 Å². The highest BCUT2D eigenvalue weighted by Gasteiger charge is 2.38. The highest BCUT2D eigenvalue weighted by atomic mass is 32.2. The third-order valence-corrected chi connectivity index (χ3v) is 10.8. The fourth-order valence-electron chi connectivity index (χ4n) is 6.36. The summed E-state index contributed by atoms with van der Waals surface area (Å²) in [4.78, 5) is 13.6. The first-order valence-electron chi connectivity index (χ1n) is 16.5. The van der Waals surface area contributed by atoms with Crippen LogP contribution >= 0.6 is 0 Å². The molecule has 256 valence electrons. The SMILES string of the molecule is CCCN(CCC)S(=O)(=O)c1cccc(C(=O)N[C@@H](Cc2ccccc2)[C@H](O)CNC2(c3cccc(C(F)(F)F)c3)CCCCC2)c1. The Labute approximate surface area is 276 Å². The minimum absolute atomic E-state index is 0.0193. The van der Waals surface area contributed by atoms with E-state index in [0.29, 0.717) is 44.3 Å². The summed E-state index contributed by atoms with van der Waals surface area (Å²) in [5.74, 6) is -0.537. The first-order valence-corrected chi connectivity index (χ1v) is 17.9. The molecule has 0 bridgehead atoms. The van der Waals surface area contributed by atoms with Crippen LogP contribution in [0.5, 0.6) is 0 Å². The third kappa shape index (κ3) is 9.43. The summed E-state index contributed by atoms with van der Waals surface area (Å²) >= 11 is 0. The Hall–Kier alpha value is -3.25. The van der Waals surface area contributed by atoms with Crippen molar-refractivity contribution >= 4 is 15.9 Å². The number of nitrogens with zero attached hydrogens (tertiary/aromatic N) is 1. The Morgan fingerprint density at radius 3 is 2.21 bits per heavy atom. The molecule has 0 radical (unpaired) electrons. The van der Waals surface area contributed by atoms with Gasteiger partial charge in [-0.15, -0.1) is 0 Å². The zero-order chi connectivity index (χ0) is 34.1. The summed E-state index contributed by atoms with van der Waals surface area (Å²) < 4.78 is 69.1. The standard InChI is InChI=1S/C36H46F3N3O4S/c1-3-21-42(22-4-2)47(45,46)31-18-11-15-28(24-31)34(44)41-32(23-27-13-7-5-8-14-27)33(43)26-40-35(19-9-6-10-20-35)29-16-12-17-30(25-29)36(37,38)39/h5,7-8,11-18,24-25,32-33,40,43H,3-4,6,9-10,19-23,26H2,1-2H3,(H,41,44)/t32-,33+/m0/s1. The van der Waals surface area contributed by atoms with Gasteiger partial charge in [0.05, 0.1) is 22.6 Å². The van der Waals surface area contributed by atoms with Crippen LogP contribution in [0.3, 0.4) is 0 Å². The first kappa shape index (κ1) is 36.6. The number of benzene rings is 3. The lowest BCUT2D eigenvalue weighted by molar-refractivity contribution is -0.137. The zero-order valence-corrected chi connectivity index (χ0v) is 27.9. The van der Waals surface area contributed by atoms with Crippen LogP contribution in [0.25, 0.3) is 0 Å². The van der Waals surface area contributed by atoms with Gasteiger partial charge in [0.15, 0.2) is 0 Å². The van der Waals surface area contributed by atoms with Gasteiger partial charge in [0.1, 0.15) is 0 Å². The van der Waals surface area contributed by atoms with Crippen LogP contribution in [0, 0.1) is 0 Å². The maximum absolute atomic E-state index is 13.6. The Bertz CT molecular complexity index is 1550. The molecule has 0 saturated heterocycles. The summed E-state index contributed by atoms with van der Waals surface area (Å²) in [6, 6.07) is 19.8.